The first-order chi connectivity index (χ1) is 13.3. The number of rotatable bonds is 7. The summed E-state index contributed by atoms with van der Waals surface area (Å²) in [7, 11) is 0. The fourth-order valence-electron chi connectivity index (χ4n) is 3.50. The molecule has 1 aliphatic heterocycles. The number of amides is 2. The second-order valence-corrected chi connectivity index (χ2v) is 7.56. The number of nitrogens with one attached hydrogen (secondary N) is 1. The summed E-state index contributed by atoms with van der Waals surface area (Å²) in [6.07, 6.45) is 1.09. The molecule has 6 nitrogen and oxygen atoms in total. The Kier molecular flexibility index (Phi) is 6.24. The lowest BCUT2D eigenvalue weighted by Gasteiger charge is -2.27. The first-order valence-corrected chi connectivity index (χ1v) is 9.40. The van der Waals surface area contributed by atoms with Gasteiger partial charge in [0, 0.05) is 37.5 Å². The van der Waals surface area contributed by atoms with E-state index in [1.807, 2.05) is 0 Å². The van der Waals surface area contributed by atoms with E-state index in [1.165, 1.54) is 4.90 Å². The summed E-state index contributed by atoms with van der Waals surface area (Å²) in [4.78, 5) is 25.9. The van der Waals surface area contributed by atoms with E-state index in [9.17, 15) is 27.9 Å². The van der Waals surface area contributed by atoms with E-state index < -0.39 is 35.6 Å². The van der Waals surface area contributed by atoms with Crippen LogP contribution in [0.4, 0.5) is 13.2 Å². The van der Waals surface area contributed by atoms with Crippen molar-refractivity contribution in [3.05, 3.63) is 35.1 Å². The number of halogens is 3. The van der Waals surface area contributed by atoms with Gasteiger partial charge in [0.05, 0.1) is 12.1 Å². The number of benzene rings is 1. The number of nitrogens with two attached hydrogens (primary N) is 1. The topological polar surface area (TPSA) is 95.7 Å². The maximum atomic E-state index is 13.8. The fraction of sp³-hybridized carbons (Fsp3) is 0.579. The summed E-state index contributed by atoms with van der Waals surface area (Å²) in [5.74, 6) is -3.76. The number of carbonyl (C=O) groups excluding carboxylic acids is 2. The number of carbonyl (C=O) groups is 2. The number of aliphatic hydroxyl groups excluding tert-OH is 1. The van der Waals surface area contributed by atoms with Crippen LogP contribution in [0, 0.1) is 23.4 Å². The van der Waals surface area contributed by atoms with Gasteiger partial charge in [-0.3, -0.25) is 9.59 Å². The molecule has 1 aliphatic carbocycles. The second kappa shape index (κ2) is 8.48. The van der Waals surface area contributed by atoms with Gasteiger partial charge in [-0.1, -0.05) is 0 Å². The van der Waals surface area contributed by atoms with Crippen molar-refractivity contribution in [2.45, 2.75) is 50.3 Å². The molecule has 1 aromatic carbocycles. The third-order valence-electron chi connectivity index (χ3n) is 5.27. The quantitative estimate of drug-likeness (QED) is 0.593. The van der Waals surface area contributed by atoms with Crippen molar-refractivity contribution in [3.63, 3.8) is 0 Å². The Balaban J connectivity index is 1.56. The second-order valence-electron chi connectivity index (χ2n) is 7.56. The monoisotopic (exact) mass is 399 g/mol. The van der Waals surface area contributed by atoms with Crippen LogP contribution in [0.15, 0.2) is 12.1 Å². The largest absolute Gasteiger partial charge is 0.391 e. The molecular weight excluding hydrogens is 375 g/mol. The molecule has 0 aromatic heterocycles. The first-order valence-electron chi connectivity index (χ1n) is 9.40. The fourth-order valence-corrected chi connectivity index (χ4v) is 3.50. The van der Waals surface area contributed by atoms with Crippen molar-refractivity contribution >= 4 is 11.8 Å². The van der Waals surface area contributed by atoms with Crippen LogP contribution in [0.5, 0.6) is 0 Å². The molecule has 1 saturated carbocycles. The Morgan fingerprint density at radius 2 is 1.86 bits per heavy atom. The van der Waals surface area contributed by atoms with Gasteiger partial charge in [0.25, 0.3) is 0 Å². The van der Waals surface area contributed by atoms with Crippen LogP contribution in [-0.2, 0) is 16.0 Å². The molecule has 154 valence electrons. The van der Waals surface area contributed by atoms with Gasteiger partial charge in [0.1, 0.15) is 5.82 Å². The van der Waals surface area contributed by atoms with E-state index >= 15 is 0 Å². The maximum Gasteiger partial charge on any atom is 0.224 e. The van der Waals surface area contributed by atoms with Crippen LogP contribution in [-0.4, -0.2) is 53.1 Å². The Hall–Kier alpha value is -2.13. The Bertz CT molecular complexity index is 757. The zero-order valence-electron chi connectivity index (χ0n) is 15.3. The minimum atomic E-state index is -1.28. The van der Waals surface area contributed by atoms with Crippen molar-refractivity contribution in [2.24, 2.45) is 11.7 Å². The summed E-state index contributed by atoms with van der Waals surface area (Å²) >= 11 is 0. The molecule has 2 aliphatic rings. The Labute approximate surface area is 160 Å². The molecule has 3 rings (SSSR count). The van der Waals surface area contributed by atoms with E-state index in [0.717, 1.165) is 18.9 Å². The van der Waals surface area contributed by atoms with Crippen molar-refractivity contribution in [2.75, 3.05) is 13.1 Å². The van der Waals surface area contributed by atoms with E-state index in [1.54, 1.807) is 0 Å². The van der Waals surface area contributed by atoms with Gasteiger partial charge < -0.3 is 21.1 Å². The van der Waals surface area contributed by atoms with Gasteiger partial charge in [-0.2, -0.15) is 0 Å². The van der Waals surface area contributed by atoms with Crippen LogP contribution in [0.25, 0.3) is 0 Å². The third kappa shape index (κ3) is 4.82. The number of likely N-dealkylation sites (tertiary alicyclic amines) is 1. The molecule has 0 bridgehead atoms. The summed E-state index contributed by atoms with van der Waals surface area (Å²) in [5, 5.41) is 12.9. The summed E-state index contributed by atoms with van der Waals surface area (Å²) in [6.45, 7) is 0.492. The van der Waals surface area contributed by atoms with Crippen LogP contribution in [0.2, 0.25) is 0 Å². The first kappa shape index (κ1) is 20.6. The minimum Gasteiger partial charge on any atom is -0.391 e. The highest BCUT2D eigenvalue weighted by Gasteiger charge is 2.37. The lowest BCUT2D eigenvalue weighted by molar-refractivity contribution is -0.134. The number of hydrogen-bond acceptors (Lipinski definition) is 4. The predicted molar refractivity (Wildman–Crippen MR) is 94.5 cm³/mol. The minimum absolute atomic E-state index is 0.0297. The summed E-state index contributed by atoms with van der Waals surface area (Å²) in [5.41, 5.74) is 5.82. The smallest absolute Gasteiger partial charge is 0.224 e. The normalized spacial score (nSPS) is 23.0. The molecule has 0 radical (unpaired) electrons. The third-order valence-corrected chi connectivity index (χ3v) is 5.27. The lowest BCUT2D eigenvalue weighted by Crippen LogP contribution is -2.48. The summed E-state index contributed by atoms with van der Waals surface area (Å²) < 4.78 is 40.1. The van der Waals surface area contributed by atoms with E-state index in [4.69, 9.17) is 5.73 Å². The average Bonchev–Trinajstić information content (AvgIpc) is 3.41. The van der Waals surface area contributed by atoms with Crippen LogP contribution < -0.4 is 11.1 Å². The molecule has 9 heteroatoms. The molecule has 4 N–H and O–H groups in total. The molecule has 1 heterocycles. The van der Waals surface area contributed by atoms with Crippen molar-refractivity contribution in [1.82, 2.24) is 10.2 Å². The van der Waals surface area contributed by atoms with E-state index in [2.05, 4.69) is 5.32 Å². The maximum absolute atomic E-state index is 13.8. The van der Waals surface area contributed by atoms with Crippen LogP contribution in [0.1, 0.15) is 31.2 Å². The lowest BCUT2D eigenvalue weighted by atomic mass is 10.0. The highest BCUT2D eigenvalue weighted by atomic mass is 19.2. The molecule has 28 heavy (non-hydrogen) atoms. The average molecular weight is 399 g/mol. The molecule has 2 fully saturated rings. The molecule has 1 unspecified atom stereocenters. The SMILES string of the molecule is NC(CC(=O)N1CC[C@@H](O)[C@H]1CNC(=O)C1CC1)Cc1cc(F)c(F)cc1F. The standard InChI is InChI=1S/C19H24F3N3O3/c20-13-8-15(22)14(21)6-11(13)5-12(23)7-18(27)25-4-3-17(26)16(25)9-24-19(28)10-1-2-10/h6,8,10,12,16-17,26H,1-5,7,9,23H2,(H,24,28)/t12?,16-,17-/m1/s1. The van der Waals surface area contributed by atoms with Gasteiger partial charge in [-0.25, -0.2) is 13.2 Å². The van der Waals surface area contributed by atoms with Gasteiger partial charge in [0.2, 0.25) is 11.8 Å². The predicted octanol–water partition coefficient (Wildman–Crippen LogP) is 0.852. The zero-order valence-corrected chi connectivity index (χ0v) is 15.3. The highest BCUT2D eigenvalue weighted by molar-refractivity contribution is 5.81. The van der Waals surface area contributed by atoms with E-state index in [0.29, 0.717) is 19.0 Å². The molecule has 2 amide bonds. The van der Waals surface area contributed by atoms with E-state index in [-0.39, 0.29) is 42.7 Å². The van der Waals surface area contributed by atoms with Crippen molar-refractivity contribution in [1.29, 1.82) is 0 Å². The zero-order chi connectivity index (χ0) is 20.4. The summed E-state index contributed by atoms with van der Waals surface area (Å²) in [6, 6.07) is -0.145. The number of nitrogens with zero attached hydrogens (tertiary/aromatic N) is 1. The van der Waals surface area contributed by atoms with Gasteiger partial charge in [-0.15, -0.1) is 0 Å². The van der Waals surface area contributed by atoms with Gasteiger partial charge in [-0.05, 0) is 37.3 Å². The van der Waals surface area contributed by atoms with Crippen LogP contribution in [0.3, 0.4) is 0 Å². The highest BCUT2D eigenvalue weighted by Crippen LogP contribution is 2.29. The van der Waals surface area contributed by atoms with Crippen LogP contribution >= 0.6 is 0 Å². The van der Waals surface area contributed by atoms with Gasteiger partial charge in [0.15, 0.2) is 11.6 Å². The molecule has 3 atom stereocenters. The molecular formula is C19H24F3N3O3. The van der Waals surface area contributed by atoms with Gasteiger partial charge >= 0.3 is 0 Å². The Morgan fingerprint density at radius 1 is 1.18 bits per heavy atom. The Morgan fingerprint density at radius 3 is 2.54 bits per heavy atom. The van der Waals surface area contributed by atoms with Crippen molar-refractivity contribution < 1.29 is 27.9 Å². The van der Waals surface area contributed by atoms with Crippen molar-refractivity contribution in [3.8, 4) is 0 Å². The molecule has 1 aromatic rings. The molecule has 1 saturated heterocycles. The molecule has 0 spiro atoms. The number of hydrogen-bond donors (Lipinski definition) is 3. The number of aliphatic hydroxyl groups is 1.